The van der Waals surface area contributed by atoms with E-state index in [0.29, 0.717) is 30.4 Å². The van der Waals surface area contributed by atoms with Crippen molar-refractivity contribution in [1.82, 2.24) is 10.2 Å². The smallest absolute Gasteiger partial charge is 0.325 e. The fourth-order valence-electron chi connectivity index (χ4n) is 2.06. The minimum Gasteiger partial charge on any atom is -0.486 e. The number of fused-ring (bicyclic) bond motifs is 1. The molecule has 0 radical (unpaired) electrons. The van der Waals surface area contributed by atoms with Gasteiger partial charge in [-0.3, -0.25) is 19.8 Å². The third-order valence-corrected chi connectivity index (χ3v) is 3.17. The number of amides is 3. The summed E-state index contributed by atoms with van der Waals surface area (Å²) in [5, 5.41) is 13.3. The molecule has 3 amide bonds. The second kappa shape index (κ2) is 9.70. The van der Waals surface area contributed by atoms with Crippen molar-refractivity contribution in [2.24, 2.45) is 0 Å². The van der Waals surface area contributed by atoms with E-state index in [0.717, 1.165) is 0 Å². The van der Waals surface area contributed by atoms with Gasteiger partial charge in [-0.1, -0.05) is 0 Å². The number of halogens is 1. The van der Waals surface area contributed by atoms with Gasteiger partial charge in [-0.25, -0.2) is 4.79 Å². The van der Waals surface area contributed by atoms with Crippen LogP contribution in [0.3, 0.4) is 0 Å². The van der Waals surface area contributed by atoms with Gasteiger partial charge in [-0.05, 0) is 19.2 Å². The summed E-state index contributed by atoms with van der Waals surface area (Å²) in [4.78, 5) is 35.5. The molecule has 0 fully saturated rings. The number of imide groups is 1. The maximum Gasteiger partial charge on any atom is 0.325 e. The Morgan fingerprint density at radius 3 is 2.56 bits per heavy atom. The number of carboxylic acids is 1. The van der Waals surface area contributed by atoms with Crippen LogP contribution in [0.4, 0.5) is 10.5 Å². The van der Waals surface area contributed by atoms with E-state index in [4.69, 9.17) is 14.6 Å². The van der Waals surface area contributed by atoms with Crippen molar-refractivity contribution >= 4 is 36.0 Å². The Labute approximate surface area is 150 Å². The van der Waals surface area contributed by atoms with E-state index in [9.17, 15) is 14.4 Å². The number of carboxylic acid groups (broad SMARTS) is 1. The van der Waals surface area contributed by atoms with Crippen molar-refractivity contribution in [3.05, 3.63) is 18.2 Å². The van der Waals surface area contributed by atoms with E-state index >= 15 is 0 Å². The molecule has 10 heteroatoms. The van der Waals surface area contributed by atoms with Crippen molar-refractivity contribution in [1.29, 1.82) is 0 Å². The number of anilines is 1. The highest BCUT2D eigenvalue weighted by Crippen LogP contribution is 2.32. The predicted molar refractivity (Wildman–Crippen MR) is 91.6 cm³/mol. The lowest BCUT2D eigenvalue weighted by Gasteiger charge is -2.19. The van der Waals surface area contributed by atoms with Gasteiger partial charge in [0, 0.05) is 18.3 Å². The van der Waals surface area contributed by atoms with Crippen molar-refractivity contribution in [3.63, 3.8) is 0 Å². The molecular weight excluding hydrogens is 354 g/mol. The molecule has 1 heterocycles. The molecule has 0 unspecified atom stereocenters. The summed E-state index contributed by atoms with van der Waals surface area (Å²) in [5.41, 5.74) is 0.462. The summed E-state index contributed by atoms with van der Waals surface area (Å²) in [5.74, 6) is -0.348. The monoisotopic (exact) mass is 373 g/mol. The highest BCUT2D eigenvalue weighted by Gasteiger charge is 2.14. The van der Waals surface area contributed by atoms with Crippen LogP contribution in [0, 0.1) is 0 Å². The maximum absolute atomic E-state index is 11.8. The van der Waals surface area contributed by atoms with E-state index < -0.39 is 17.9 Å². The minimum absolute atomic E-state index is 0. The van der Waals surface area contributed by atoms with Gasteiger partial charge in [0.1, 0.15) is 13.2 Å². The normalized spacial score (nSPS) is 12.1. The van der Waals surface area contributed by atoms with Crippen LogP contribution in [0.1, 0.15) is 6.42 Å². The summed E-state index contributed by atoms with van der Waals surface area (Å²) in [6.07, 6.45) is -0.0762. The largest absolute Gasteiger partial charge is 0.486 e. The Morgan fingerprint density at radius 1 is 1.20 bits per heavy atom. The first-order valence-electron chi connectivity index (χ1n) is 7.35. The second-order valence-electron chi connectivity index (χ2n) is 5.24. The SMILES string of the molecule is CN(CCC(=O)O)CC(=O)NC(=O)Nc1ccc2c(c1)OCCO2.Cl. The number of hydrogen-bond donors (Lipinski definition) is 3. The fourth-order valence-corrected chi connectivity index (χ4v) is 2.06. The van der Waals surface area contributed by atoms with Gasteiger partial charge >= 0.3 is 12.0 Å². The molecule has 0 atom stereocenters. The lowest BCUT2D eigenvalue weighted by Crippen LogP contribution is -2.41. The summed E-state index contributed by atoms with van der Waals surface area (Å²) in [6, 6.07) is 4.24. The van der Waals surface area contributed by atoms with Crippen LogP contribution in [0.2, 0.25) is 0 Å². The number of aliphatic carboxylic acids is 1. The summed E-state index contributed by atoms with van der Waals surface area (Å²) < 4.78 is 10.8. The van der Waals surface area contributed by atoms with Crippen LogP contribution in [0.5, 0.6) is 11.5 Å². The molecule has 25 heavy (non-hydrogen) atoms. The van der Waals surface area contributed by atoms with Crippen LogP contribution in [0.15, 0.2) is 18.2 Å². The first-order chi connectivity index (χ1) is 11.4. The molecule has 9 nitrogen and oxygen atoms in total. The third kappa shape index (κ3) is 6.86. The predicted octanol–water partition coefficient (Wildman–Crippen LogP) is 0.934. The Hall–Kier alpha value is -2.52. The van der Waals surface area contributed by atoms with Crippen LogP contribution < -0.4 is 20.1 Å². The highest BCUT2D eigenvalue weighted by molar-refractivity contribution is 6.01. The molecule has 0 saturated carbocycles. The summed E-state index contributed by atoms with van der Waals surface area (Å²) in [7, 11) is 1.60. The minimum atomic E-state index is -0.946. The zero-order valence-corrected chi connectivity index (χ0v) is 14.4. The zero-order valence-electron chi connectivity index (χ0n) is 13.6. The van der Waals surface area contributed by atoms with Crippen molar-refractivity contribution in [3.8, 4) is 11.5 Å². The average molecular weight is 374 g/mol. The van der Waals surface area contributed by atoms with Gasteiger partial charge in [0.25, 0.3) is 0 Å². The molecule has 2 rings (SSSR count). The van der Waals surface area contributed by atoms with Crippen molar-refractivity contribution in [2.75, 3.05) is 38.7 Å². The first kappa shape index (κ1) is 20.5. The van der Waals surface area contributed by atoms with Gasteiger partial charge in [0.15, 0.2) is 11.5 Å². The number of nitrogens with zero attached hydrogens (tertiary/aromatic N) is 1. The first-order valence-corrected chi connectivity index (χ1v) is 7.35. The maximum atomic E-state index is 11.8. The number of hydrogen-bond acceptors (Lipinski definition) is 6. The van der Waals surface area contributed by atoms with Gasteiger partial charge in [-0.2, -0.15) is 0 Å². The Bertz CT molecular complexity index is 640. The summed E-state index contributed by atoms with van der Waals surface area (Å²) in [6.45, 7) is 1.04. The van der Waals surface area contributed by atoms with E-state index in [-0.39, 0.29) is 31.9 Å². The van der Waals surface area contributed by atoms with Gasteiger partial charge in [0.05, 0.1) is 13.0 Å². The molecule has 1 aromatic carbocycles. The molecule has 138 valence electrons. The standard InChI is InChI=1S/C15H19N3O6.ClH/c1-18(5-4-14(20)21)9-13(19)17-15(22)16-10-2-3-11-12(8-10)24-7-6-23-11;/h2-3,8H,4-7,9H2,1H3,(H,20,21)(H2,16,17,19,22);1H. The number of benzene rings is 1. The molecule has 0 spiro atoms. The lowest BCUT2D eigenvalue weighted by atomic mass is 10.2. The van der Waals surface area contributed by atoms with Crippen LogP contribution in [-0.2, 0) is 9.59 Å². The molecule has 1 aromatic rings. The number of carbonyl (C=O) groups excluding carboxylic acids is 2. The van der Waals surface area contributed by atoms with E-state index in [1.807, 2.05) is 0 Å². The van der Waals surface area contributed by atoms with E-state index in [1.165, 1.54) is 4.90 Å². The molecule has 1 aliphatic rings. The second-order valence-corrected chi connectivity index (χ2v) is 5.24. The topological polar surface area (TPSA) is 117 Å². The average Bonchev–Trinajstić information content (AvgIpc) is 2.52. The lowest BCUT2D eigenvalue weighted by molar-refractivity contribution is -0.137. The van der Waals surface area contributed by atoms with E-state index in [2.05, 4.69) is 10.6 Å². The van der Waals surface area contributed by atoms with Crippen LogP contribution in [0.25, 0.3) is 0 Å². The van der Waals surface area contributed by atoms with Crippen molar-refractivity contribution in [2.45, 2.75) is 6.42 Å². The number of ether oxygens (including phenoxy) is 2. The molecule has 3 N–H and O–H groups in total. The van der Waals surface area contributed by atoms with Crippen LogP contribution >= 0.6 is 12.4 Å². The van der Waals surface area contributed by atoms with E-state index in [1.54, 1.807) is 25.2 Å². The Morgan fingerprint density at radius 2 is 1.88 bits per heavy atom. The van der Waals surface area contributed by atoms with Gasteiger partial charge < -0.3 is 19.9 Å². The zero-order chi connectivity index (χ0) is 17.5. The third-order valence-electron chi connectivity index (χ3n) is 3.17. The quantitative estimate of drug-likeness (QED) is 0.679. The number of likely N-dealkylation sites (N-methyl/N-ethyl adjacent to an activating group) is 1. The van der Waals surface area contributed by atoms with Crippen molar-refractivity contribution < 1.29 is 29.0 Å². The Balaban J connectivity index is 0.00000312. The van der Waals surface area contributed by atoms with Gasteiger partial charge in [-0.15, -0.1) is 12.4 Å². The number of nitrogens with one attached hydrogen (secondary N) is 2. The number of urea groups is 1. The highest BCUT2D eigenvalue weighted by atomic mass is 35.5. The molecule has 1 aliphatic heterocycles. The number of rotatable bonds is 6. The summed E-state index contributed by atoms with van der Waals surface area (Å²) >= 11 is 0. The molecule has 0 aromatic heterocycles. The molecule has 0 bridgehead atoms. The number of carbonyl (C=O) groups is 3. The molecular formula is C15H20ClN3O6. The molecule has 0 aliphatic carbocycles. The Kier molecular flexibility index (Phi) is 7.96. The van der Waals surface area contributed by atoms with Crippen LogP contribution in [-0.4, -0.2) is 61.3 Å². The molecule has 0 saturated heterocycles. The van der Waals surface area contributed by atoms with Gasteiger partial charge in [0.2, 0.25) is 5.91 Å². The fraction of sp³-hybridized carbons (Fsp3) is 0.400.